The SMILES string of the molecule is CCCCCCCCCCCCC(O)Cc1nc(C)cs1. The summed E-state index contributed by atoms with van der Waals surface area (Å²) in [5, 5.41) is 13.1. The Bertz CT molecular complexity index is 351. The van der Waals surface area contributed by atoms with Crippen molar-refractivity contribution in [2.75, 3.05) is 0 Å². The summed E-state index contributed by atoms with van der Waals surface area (Å²) in [5.41, 5.74) is 1.07. The number of hydrogen-bond acceptors (Lipinski definition) is 3. The Labute approximate surface area is 135 Å². The van der Waals surface area contributed by atoms with Gasteiger partial charge >= 0.3 is 0 Å². The molecule has 1 unspecified atom stereocenters. The molecule has 0 aliphatic heterocycles. The Balaban J connectivity index is 1.87. The zero-order chi connectivity index (χ0) is 15.3. The molecule has 0 radical (unpaired) electrons. The average molecular weight is 312 g/mol. The Morgan fingerprint density at radius 1 is 1.00 bits per heavy atom. The third-order valence-electron chi connectivity index (χ3n) is 3.97. The molecule has 0 saturated heterocycles. The van der Waals surface area contributed by atoms with Crippen molar-refractivity contribution in [3.63, 3.8) is 0 Å². The van der Waals surface area contributed by atoms with Crippen LogP contribution in [-0.2, 0) is 6.42 Å². The molecule has 0 aliphatic rings. The van der Waals surface area contributed by atoms with E-state index in [0.717, 1.165) is 30.0 Å². The fourth-order valence-corrected chi connectivity index (χ4v) is 3.51. The van der Waals surface area contributed by atoms with E-state index in [9.17, 15) is 5.11 Å². The van der Waals surface area contributed by atoms with Gasteiger partial charge in [0, 0.05) is 17.5 Å². The molecule has 0 spiro atoms. The minimum atomic E-state index is -0.204. The first kappa shape index (κ1) is 18.6. The maximum Gasteiger partial charge on any atom is 0.0953 e. The van der Waals surface area contributed by atoms with Gasteiger partial charge < -0.3 is 5.11 Å². The lowest BCUT2D eigenvalue weighted by molar-refractivity contribution is 0.160. The van der Waals surface area contributed by atoms with Gasteiger partial charge in [0.05, 0.1) is 11.1 Å². The van der Waals surface area contributed by atoms with Crippen LogP contribution >= 0.6 is 11.3 Å². The first-order valence-electron chi connectivity index (χ1n) is 8.81. The third kappa shape index (κ3) is 10.0. The van der Waals surface area contributed by atoms with Crippen molar-refractivity contribution in [3.05, 3.63) is 16.1 Å². The second-order valence-electron chi connectivity index (χ2n) is 6.21. The van der Waals surface area contributed by atoms with E-state index in [1.807, 2.05) is 6.92 Å². The van der Waals surface area contributed by atoms with Gasteiger partial charge in [-0.15, -0.1) is 11.3 Å². The van der Waals surface area contributed by atoms with E-state index in [0.29, 0.717) is 0 Å². The lowest BCUT2D eigenvalue weighted by atomic mass is 10.0. The number of aliphatic hydroxyl groups excluding tert-OH is 1. The van der Waals surface area contributed by atoms with Gasteiger partial charge in [-0.2, -0.15) is 0 Å². The van der Waals surface area contributed by atoms with Gasteiger partial charge in [0.2, 0.25) is 0 Å². The van der Waals surface area contributed by atoms with Crippen LogP contribution in [-0.4, -0.2) is 16.2 Å². The number of thiazole rings is 1. The summed E-state index contributed by atoms with van der Waals surface area (Å²) in [6, 6.07) is 0. The second-order valence-corrected chi connectivity index (χ2v) is 7.15. The van der Waals surface area contributed by atoms with E-state index in [1.54, 1.807) is 11.3 Å². The van der Waals surface area contributed by atoms with Gasteiger partial charge in [-0.3, -0.25) is 0 Å². The number of aryl methyl sites for hydroxylation is 1. The van der Waals surface area contributed by atoms with Crippen molar-refractivity contribution in [1.29, 1.82) is 0 Å². The molecule has 0 fully saturated rings. The first-order chi connectivity index (χ1) is 10.2. The summed E-state index contributed by atoms with van der Waals surface area (Å²) < 4.78 is 0. The highest BCUT2D eigenvalue weighted by atomic mass is 32.1. The van der Waals surface area contributed by atoms with Crippen molar-refractivity contribution in [2.24, 2.45) is 0 Å². The molecule has 1 aromatic heterocycles. The standard InChI is InChI=1S/C18H33NOS/c1-3-4-5-6-7-8-9-10-11-12-13-17(20)14-18-19-16(2)15-21-18/h15,17,20H,3-14H2,1-2H3. The average Bonchev–Trinajstić information content (AvgIpc) is 2.86. The zero-order valence-electron chi connectivity index (χ0n) is 13.9. The van der Waals surface area contributed by atoms with E-state index >= 15 is 0 Å². The highest BCUT2D eigenvalue weighted by Crippen LogP contribution is 2.15. The van der Waals surface area contributed by atoms with E-state index in [1.165, 1.54) is 57.8 Å². The quantitative estimate of drug-likeness (QED) is 0.476. The Morgan fingerprint density at radius 3 is 2.10 bits per heavy atom. The third-order valence-corrected chi connectivity index (χ3v) is 4.96. The normalized spacial score (nSPS) is 12.7. The van der Waals surface area contributed by atoms with Crippen molar-refractivity contribution in [1.82, 2.24) is 4.98 Å². The van der Waals surface area contributed by atoms with Crippen LogP contribution in [0.4, 0.5) is 0 Å². The van der Waals surface area contributed by atoms with Crippen LogP contribution in [0.3, 0.4) is 0 Å². The van der Waals surface area contributed by atoms with Crippen LogP contribution in [0, 0.1) is 6.92 Å². The number of aromatic nitrogens is 1. The van der Waals surface area contributed by atoms with E-state index in [4.69, 9.17) is 0 Å². The lowest BCUT2D eigenvalue weighted by Gasteiger charge is -2.08. The molecule has 3 heteroatoms. The molecular formula is C18H33NOS. The van der Waals surface area contributed by atoms with E-state index in [2.05, 4.69) is 17.3 Å². The van der Waals surface area contributed by atoms with Gasteiger partial charge in [-0.05, 0) is 13.3 Å². The van der Waals surface area contributed by atoms with Crippen LogP contribution in [0.5, 0.6) is 0 Å². The maximum atomic E-state index is 10.0. The van der Waals surface area contributed by atoms with E-state index in [-0.39, 0.29) is 6.10 Å². The molecule has 1 heterocycles. The fraction of sp³-hybridized carbons (Fsp3) is 0.833. The van der Waals surface area contributed by atoms with Crippen molar-refractivity contribution < 1.29 is 5.11 Å². The van der Waals surface area contributed by atoms with Crippen LogP contribution in [0.2, 0.25) is 0 Å². The van der Waals surface area contributed by atoms with Gasteiger partial charge in [0.1, 0.15) is 0 Å². The molecule has 0 bridgehead atoms. The monoisotopic (exact) mass is 311 g/mol. The molecule has 0 aliphatic carbocycles. The minimum absolute atomic E-state index is 0.204. The van der Waals surface area contributed by atoms with Crippen LogP contribution in [0.1, 0.15) is 88.3 Å². The number of unbranched alkanes of at least 4 members (excludes halogenated alkanes) is 9. The smallest absolute Gasteiger partial charge is 0.0953 e. The molecular weight excluding hydrogens is 278 g/mol. The van der Waals surface area contributed by atoms with Gasteiger partial charge in [-0.1, -0.05) is 71.1 Å². The molecule has 0 aromatic carbocycles. The summed E-state index contributed by atoms with van der Waals surface area (Å²) in [4.78, 5) is 4.41. The predicted octanol–water partition coefficient (Wildman–Crippen LogP) is 5.67. The van der Waals surface area contributed by atoms with Crippen LogP contribution in [0.15, 0.2) is 5.38 Å². The summed E-state index contributed by atoms with van der Waals surface area (Å²) in [7, 11) is 0. The highest BCUT2D eigenvalue weighted by molar-refractivity contribution is 7.09. The molecule has 21 heavy (non-hydrogen) atoms. The first-order valence-corrected chi connectivity index (χ1v) is 9.69. The fourth-order valence-electron chi connectivity index (χ4n) is 2.67. The van der Waals surface area contributed by atoms with Crippen molar-refractivity contribution in [2.45, 2.75) is 97.0 Å². The maximum absolute atomic E-state index is 10.0. The van der Waals surface area contributed by atoms with Crippen molar-refractivity contribution >= 4 is 11.3 Å². The van der Waals surface area contributed by atoms with Crippen LogP contribution < -0.4 is 0 Å². The Kier molecular flexibility index (Phi) is 10.8. The zero-order valence-corrected chi connectivity index (χ0v) is 14.8. The minimum Gasteiger partial charge on any atom is -0.393 e. The van der Waals surface area contributed by atoms with Gasteiger partial charge in [0.25, 0.3) is 0 Å². The predicted molar refractivity (Wildman–Crippen MR) is 93.0 cm³/mol. The molecule has 1 aromatic rings. The van der Waals surface area contributed by atoms with E-state index < -0.39 is 0 Å². The summed E-state index contributed by atoms with van der Waals surface area (Å²) in [6.07, 6.45) is 14.9. The largest absolute Gasteiger partial charge is 0.393 e. The topological polar surface area (TPSA) is 33.1 Å². The Hall–Kier alpha value is -0.410. The Morgan fingerprint density at radius 2 is 1.57 bits per heavy atom. The molecule has 1 rings (SSSR count). The molecule has 0 saturated carbocycles. The second kappa shape index (κ2) is 12.2. The number of aliphatic hydroxyl groups is 1. The summed E-state index contributed by atoms with van der Waals surface area (Å²) in [5.74, 6) is 0. The van der Waals surface area contributed by atoms with Crippen LogP contribution in [0.25, 0.3) is 0 Å². The molecule has 122 valence electrons. The lowest BCUT2D eigenvalue weighted by Crippen LogP contribution is -2.10. The van der Waals surface area contributed by atoms with Gasteiger partial charge in [-0.25, -0.2) is 4.98 Å². The molecule has 0 amide bonds. The number of hydrogen-bond donors (Lipinski definition) is 1. The molecule has 2 nitrogen and oxygen atoms in total. The summed E-state index contributed by atoms with van der Waals surface area (Å²) in [6.45, 7) is 4.28. The number of nitrogens with zero attached hydrogens (tertiary/aromatic N) is 1. The summed E-state index contributed by atoms with van der Waals surface area (Å²) >= 11 is 1.67. The van der Waals surface area contributed by atoms with Crippen molar-refractivity contribution in [3.8, 4) is 0 Å². The molecule has 1 atom stereocenters. The number of rotatable bonds is 13. The van der Waals surface area contributed by atoms with Gasteiger partial charge in [0.15, 0.2) is 0 Å². The molecule has 1 N–H and O–H groups in total. The highest BCUT2D eigenvalue weighted by Gasteiger charge is 2.08.